The third-order valence-electron chi connectivity index (χ3n) is 1.27. The van der Waals surface area contributed by atoms with Gasteiger partial charge in [-0.1, -0.05) is 12.1 Å². The Morgan fingerprint density at radius 3 is 2.46 bits per heavy atom. The molecule has 0 bridgehead atoms. The number of aromatic hydroxyl groups is 1. The molecule has 5 nitrogen and oxygen atoms in total. The molecule has 13 heavy (non-hydrogen) atoms. The lowest BCUT2D eigenvalue weighted by molar-refractivity contribution is -0.146. The Morgan fingerprint density at radius 1 is 1.31 bits per heavy atom. The number of carbonyl (C=O) groups is 2. The highest BCUT2D eigenvalue weighted by atomic mass is 16.5. The Hall–Kier alpha value is -2.04. The Kier molecular flexibility index (Phi) is 2.49. The van der Waals surface area contributed by atoms with E-state index >= 15 is 0 Å². The van der Waals surface area contributed by atoms with Crippen LogP contribution in [0.5, 0.6) is 11.5 Å². The molecule has 3 N–H and O–H groups in total. The predicted molar refractivity (Wildman–Crippen MR) is 42.9 cm³/mol. The largest absolute Gasteiger partial charge is 0.504 e. The average Bonchev–Trinajstić information content (AvgIpc) is 2.08. The van der Waals surface area contributed by atoms with E-state index in [9.17, 15) is 9.59 Å². The van der Waals surface area contributed by atoms with E-state index in [4.69, 9.17) is 5.11 Å². The predicted octanol–water partition coefficient (Wildman–Crippen LogP) is -0.217. The number of rotatable bonds is 1. The molecular formula is C8H7NO4. The summed E-state index contributed by atoms with van der Waals surface area (Å²) in [6.45, 7) is 0. The Labute approximate surface area is 73.7 Å². The maximum atomic E-state index is 10.7. The lowest BCUT2D eigenvalue weighted by atomic mass is 10.3. The van der Waals surface area contributed by atoms with Gasteiger partial charge in [0.25, 0.3) is 0 Å². The molecule has 0 unspecified atom stereocenters. The van der Waals surface area contributed by atoms with Crippen LogP contribution in [0.4, 0.5) is 0 Å². The van der Waals surface area contributed by atoms with Gasteiger partial charge in [-0.2, -0.15) is 0 Å². The van der Waals surface area contributed by atoms with Crippen molar-refractivity contribution in [3.05, 3.63) is 24.3 Å². The van der Waals surface area contributed by atoms with Crippen molar-refractivity contribution in [2.75, 3.05) is 0 Å². The second kappa shape index (κ2) is 3.57. The first-order valence-corrected chi connectivity index (χ1v) is 3.41. The smallest absolute Gasteiger partial charge is 0.402 e. The summed E-state index contributed by atoms with van der Waals surface area (Å²) >= 11 is 0. The zero-order chi connectivity index (χ0) is 9.84. The Morgan fingerprint density at radius 2 is 1.92 bits per heavy atom. The molecule has 0 atom stereocenters. The third-order valence-corrected chi connectivity index (χ3v) is 1.27. The summed E-state index contributed by atoms with van der Waals surface area (Å²) in [4.78, 5) is 20.9. The molecule has 0 saturated carbocycles. The molecule has 1 rings (SSSR count). The van der Waals surface area contributed by atoms with Gasteiger partial charge >= 0.3 is 11.9 Å². The zero-order valence-electron chi connectivity index (χ0n) is 6.56. The minimum atomic E-state index is -1.21. The summed E-state index contributed by atoms with van der Waals surface area (Å²) in [5, 5.41) is 9.11. The molecule has 0 aliphatic rings. The van der Waals surface area contributed by atoms with Crippen molar-refractivity contribution in [2.24, 2.45) is 5.73 Å². The number of benzene rings is 1. The van der Waals surface area contributed by atoms with Crippen molar-refractivity contribution in [1.82, 2.24) is 0 Å². The molecular weight excluding hydrogens is 174 g/mol. The van der Waals surface area contributed by atoms with E-state index in [1.807, 2.05) is 0 Å². The SMILES string of the molecule is NC(=O)C(=O)Oc1ccccc1O. The maximum Gasteiger partial charge on any atom is 0.402 e. The van der Waals surface area contributed by atoms with Crippen LogP contribution in [-0.2, 0) is 9.59 Å². The van der Waals surface area contributed by atoms with Crippen LogP contribution in [0.2, 0.25) is 0 Å². The van der Waals surface area contributed by atoms with Crippen LogP contribution in [-0.4, -0.2) is 17.0 Å². The monoisotopic (exact) mass is 181 g/mol. The summed E-state index contributed by atoms with van der Waals surface area (Å²) < 4.78 is 4.44. The minimum Gasteiger partial charge on any atom is -0.504 e. The summed E-state index contributed by atoms with van der Waals surface area (Å²) in [5.41, 5.74) is 4.64. The van der Waals surface area contributed by atoms with Crippen LogP contribution >= 0.6 is 0 Å². The Bertz CT molecular complexity index is 348. The molecule has 0 aliphatic heterocycles. The number of esters is 1. The highest BCUT2D eigenvalue weighted by molar-refractivity contribution is 6.32. The molecule has 1 aromatic rings. The van der Waals surface area contributed by atoms with Gasteiger partial charge in [0.05, 0.1) is 0 Å². The fourth-order valence-corrected chi connectivity index (χ4v) is 0.694. The first-order chi connectivity index (χ1) is 6.11. The number of ether oxygens (including phenoxy) is 1. The highest BCUT2D eigenvalue weighted by Crippen LogP contribution is 2.24. The van der Waals surface area contributed by atoms with Crippen LogP contribution in [0.15, 0.2) is 24.3 Å². The number of phenols is 1. The molecule has 0 heterocycles. The topological polar surface area (TPSA) is 89.6 Å². The van der Waals surface area contributed by atoms with Crippen molar-refractivity contribution in [1.29, 1.82) is 0 Å². The van der Waals surface area contributed by atoms with Gasteiger partial charge in [-0.15, -0.1) is 0 Å². The van der Waals surface area contributed by atoms with Crippen LogP contribution in [0.1, 0.15) is 0 Å². The first kappa shape index (κ1) is 9.05. The minimum absolute atomic E-state index is 0.0914. The van der Waals surface area contributed by atoms with Gasteiger partial charge in [-0.25, -0.2) is 4.79 Å². The molecule has 1 aromatic carbocycles. The normalized spacial score (nSPS) is 9.23. The van der Waals surface area contributed by atoms with Gasteiger partial charge in [0.15, 0.2) is 11.5 Å². The molecule has 0 radical (unpaired) electrons. The molecule has 5 heteroatoms. The number of amides is 1. The number of carbonyl (C=O) groups excluding carboxylic acids is 2. The number of nitrogens with two attached hydrogens (primary N) is 1. The summed E-state index contributed by atoms with van der Waals surface area (Å²) in [7, 11) is 0. The Balaban J connectivity index is 2.81. The van der Waals surface area contributed by atoms with Gasteiger partial charge < -0.3 is 15.6 Å². The van der Waals surface area contributed by atoms with E-state index in [1.54, 1.807) is 12.1 Å². The number of primary amides is 1. The lowest BCUT2D eigenvalue weighted by Gasteiger charge is -2.02. The number of para-hydroxylation sites is 2. The molecule has 0 fully saturated rings. The van der Waals surface area contributed by atoms with E-state index in [1.165, 1.54) is 12.1 Å². The van der Waals surface area contributed by atoms with Crippen LogP contribution < -0.4 is 10.5 Å². The van der Waals surface area contributed by atoms with E-state index in [2.05, 4.69) is 10.5 Å². The molecule has 1 amide bonds. The van der Waals surface area contributed by atoms with Crippen molar-refractivity contribution in [3.8, 4) is 11.5 Å². The third kappa shape index (κ3) is 2.19. The quantitative estimate of drug-likeness (QED) is 0.356. The first-order valence-electron chi connectivity index (χ1n) is 3.41. The van der Waals surface area contributed by atoms with Gasteiger partial charge in [0.2, 0.25) is 0 Å². The fourth-order valence-electron chi connectivity index (χ4n) is 0.694. The van der Waals surface area contributed by atoms with E-state index in [0.717, 1.165) is 0 Å². The molecule has 68 valence electrons. The zero-order valence-corrected chi connectivity index (χ0v) is 6.56. The molecule has 0 saturated heterocycles. The highest BCUT2D eigenvalue weighted by Gasteiger charge is 2.13. The van der Waals surface area contributed by atoms with Crippen LogP contribution in [0.25, 0.3) is 0 Å². The second-order valence-corrected chi connectivity index (χ2v) is 2.22. The van der Waals surface area contributed by atoms with E-state index in [0.29, 0.717) is 0 Å². The summed E-state index contributed by atoms with van der Waals surface area (Å²) in [5.74, 6) is -2.73. The molecule has 0 aliphatic carbocycles. The maximum absolute atomic E-state index is 10.7. The van der Waals surface area contributed by atoms with Crippen molar-refractivity contribution < 1.29 is 19.4 Å². The average molecular weight is 181 g/mol. The van der Waals surface area contributed by atoms with Gasteiger partial charge in [0, 0.05) is 0 Å². The van der Waals surface area contributed by atoms with Gasteiger partial charge in [-0.3, -0.25) is 4.79 Å². The number of phenolic OH excluding ortho intramolecular Hbond substituents is 1. The van der Waals surface area contributed by atoms with Crippen LogP contribution in [0.3, 0.4) is 0 Å². The fraction of sp³-hybridized carbons (Fsp3) is 0. The molecule has 0 spiro atoms. The van der Waals surface area contributed by atoms with Gasteiger partial charge in [-0.05, 0) is 12.1 Å². The number of hydrogen-bond donors (Lipinski definition) is 2. The summed E-state index contributed by atoms with van der Waals surface area (Å²) in [6.07, 6.45) is 0. The van der Waals surface area contributed by atoms with Crippen molar-refractivity contribution >= 4 is 11.9 Å². The molecule has 0 aromatic heterocycles. The summed E-state index contributed by atoms with van der Waals surface area (Å²) in [6, 6.07) is 5.76. The van der Waals surface area contributed by atoms with E-state index in [-0.39, 0.29) is 11.5 Å². The van der Waals surface area contributed by atoms with Crippen molar-refractivity contribution in [3.63, 3.8) is 0 Å². The standard InChI is InChI=1S/C8H7NO4/c9-7(11)8(12)13-6-4-2-1-3-5(6)10/h1-4,10H,(H2,9,11). The number of hydrogen-bond acceptors (Lipinski definition) is 4. The van der Waals surface area contributed by atoms with Crippen molar-refractivity contribution in [2.45, 2.75) is 0 Å². The van der Waals surface area contributed by atoms with E-state index < -0.39 is 11.9 Å². The van der Waals surface area contributed by atoms with Gasteiger partial charge in [0.1, 0.15) is 0 Å². The van der Waals surface area contributed by atoms with Crippen LogP contribution in [0, 0.1) is 0 Å². The second-order valence-electron chi connectivity index (χ2n) is 2.22. The lowest BCUT2D eigenvalue weighted by Crippen LogP contribution is -2.27.